The minimum Gasteiger partial charge on any atom is -0.486 e. The highest BCUT2D eigenvalue weighted by atomic mass is 16.5. The second-order valence-corrected chi connectivity index (χ2v) is 5.06. The lowest BCUT2D eigenvalue weighted by atomic mass is 10.1. The number of aliphatic hydroxyl groups excluding tert-OH is 1. The van der Waals surface area contributed by atoms with E-state index in [0.29, 0.717) is 0 Å². The molecule has 2 aromatic rings. The Morgan fingerprint density at radius 2 is 1.82 bits per heavy atom. The van der Waals surface area contributed by atoms with Crippen LogP contribution in [0.4, 0.5) is 0 Å². The molecular weight excluding hydrogens is 274 g/mol. The van der Waals surface area contributed by atoms with E-state index in [9.17, 15) is 0 Å². The third kappa shape index (κ3) is 5.02. The number of rotatable bonds is 8. The largest absolute Gasteiger partial charge is 0.486 e. The number of hydrogen-bond donors (Lipinski definition) is 2. The van der Waals surface area contributed by atoms with Crippen LogP contribution < -0.4 is 10.1 Å². The Morgan fingerprint density at radius 1 is 1.09 bits per heavy atom. The second kappa shape index (κ2) is 9.03. The summed E-state index contributed by atoms with van der Waals surface area (Å²) in [7, 11) is 1.95. The van der Waals surface area contributed by atoms with Crippen molar-refractivity contribution in [3.05, 3.63) is 71.8 Å². The smallest absolute Gasteiger partial charge is 0.125 e. The molecule has 0 saturated carbocycles. The maximum atomic E-state index is 8.79. The van der Waals surface area contributed by atoms with Gasteiger partial charge in [-0.2, -0.15) is 0 Å². The van der Waals surface area contributed by atoms with Crippen LogP contribution in [0.2, 0.25) is 0 Å². The van der Waals surface area contributed by atoms with Crippen molar-refractivity contribution in [1.29, 1.82) is 0 Å². The van der Waals surface area contributed by atoms with E-state index in [2.05, 4.69) is 17.4 Å². The summed E-state index contributed by atoms with van der Waals surface area (Å²) in [6.45, 7) is 0.954. The highest BCUT2D eigenvalue weighted by molar-refractivity contribution is 5.50. The number of benzene rings is 2. The van der Waals surface area contributed by atoms with Crippen molar-refractivity contribution < 1.29 is 9.84 Å². The molecule has 0 aromatic heterocycles. The van der Waals surface area contributed by atoms with Gasteiger partial charge in [-0.15, -0.1) is 0 Å². The molecular formula is C19H23NO2. The summed E-state index contributed by atoms with van der Waals surface area (Å²) in [5.41, 5.74) is 2.23. The molecule has 0 heterocycles. The van der Waals surface area contributed by atoms with E-state index in [1.807, 2.05) is 55.6 Å². The van der Waals surface area contributed by atoms with Gasteiger partial charge in [0.2, 0.25) is 0 Å². The molecule has 0 aliphatic carbocycles. The van der Waals surface area contributed by atoms with Crippen molar-refractivity contribution in [3.8, 4) is 5.75 Å². The Labute approximate surface area is 132 Å². The number of ether oxygens (including phenoxy) is 1. The van der Waals surface area contributed by atoms with E-state index in [1.54, 1.807) is 6.08 Å². The fourth-order valence-electron chi connectivity index (χ4n) is 2.25. The molecule has 0 fully saturated rings. The first-order valence-electron chi connectivity index (χ1n) is 7.57. The highest BCUT2D eigenvalue weighted by Crippen LogP contribution is 2.25. The molecule has 0 bridgehead atoms. The van der Waals surface area contributed by atoms with Crippen LogP contribution in [0.5, 0.6) is 5.75 Å². The van der Waals surface area contributed by atoms with Crippen molar-refractivity contribution >= 4 is 6.08 Å². The molecule has 0 spiro atoms. The fraction of sp³-hybridized carbons (Fsp3) is 0.263. The van der Waals surface area contributed by atoms with Crippen LogP contribution in [-0.4, -0.2) is 25.3 Å². The summed E-state index contributed by atoms with van der Waals surface area (Å²) in [5, 5.41) is 12.0. The topological polar surface area (TPSA) is 41.5 Å². The molecule has 3 heteroatoms. The van der Waals surface area contributed by atoms with Crippen molar-refractivity contribution in [2.75, 3.05) is 20.2 Å². The SMILES string of the molecule is CNCCC(Oc1ccc(C=CCO)cc1)c1ccccc1. The zero-order chi connectivity index (χ0) is 15.6. The van der Waals surface area contributed by atoms with Crippen LogP contribution in [-0.2, 0) is 0 Å². The van der Waals surface area contributed by atoms with Crippen LogP contribution in [0, 0.1) is 0 Å². The predicted octanol–water partition coefficient (Wildman–Crippen LogP) is 3.42. The molecule has 3 nitrogen and oxygen atoms in total. The first-order chi connectivity index (χ1) is 10.8. The minimum absolute atomic E-state index is 0.0347. The van der Waals surface area contributed by atoms with Crippen LogP contribution >= 0.6 is 0 Å². The van der Waals surface area contributed by atoms with E-state index in [4.69, 9.17) is 9.84 Å². The van der Waals surface area contributed by atoms with Gasteiger partial charge < -0.3 is 15.2 Å². The minimum atomic E-state index is 0.0347. The van der Waals surface area contributed by atoms with Crippen LogP contribution in [0.25, 0.3) is 6.08 Å². The van der Waals surface area contributed by atoms with E-state index in [1.165, 1.54) is 5.56 Å². The van der Waals surface area contributed by atoms with Crippen molar-refractivity contribution in [2.45, 2.75) is 12.5 Å². The van der Waals surface area contributed by atoms with Crippen LogP contribution in [0.15, 0.2) is 60.7 Å². The van der Waals surface area contributed by atoms with Crippen LogP contribution in [0.3, 0.4) is 0 Å². The van der Waals surface area contributed by atoms with Gasteiger partial charge in [-0.25, -0.2) is 0 Å². The summed E-state index contributed by atoms with van der Waals surface area (Å²) in [6.07, 6.45) is 4.55. The molecule has 0 amide bonds. The molecule has 0 aliphatic rings. The zero-order valence-corrected chi connectivity index (χ0v) is 12.9. The Bertz CT molecular complexity index is 564. The number of aliphatic hydroxyl groups is 1. The van der Waals surface area contributed by atoms with Crippen LogP contribution in [0.1, 0.15) is 23.7 Å². The standard InChI is InChI=1S/C19H23NO2/c1-20-14-13-19(17-7-3-2-4-8-17)22-18-11-9-16(10-12-18)6-5-15-21/h2-12,19-21H,13-15H2,1H3. The maximum Gasteiger partial charge on any atom is 0.125 e. The van der Waals surface area contributed by atoms with Gasteiger partial charge in [-0.05, 0) is 36.9 Å². The molecule has 0 aliphatic heterocycles. The third-order valence-electron chi connectivity index (χ3n) is 3.40. The molecule has 0 radical (unpaired) electrons. The Balaban J connectivity index is 2.08. The molecule has 2 aromatic carbocycles. The van der Waals surface area contributed by atoms with Gasteiger partial charge in [0.05, 0.1) is 6.61 Å². The number of nitrogens with one attached hydrogen (secondary N) is 1. The molecule has 1 atom stereocenters. The van der Waals surface area contributed by atoms with Gasteiger partial charge in [0.15, 0.2) is 0 Å². The van der Waals surface area contributed by atoms with Crippen molar-refractivity contribution in [1.82, 2.24) is 5.32 Å². The summed E-state index contributed by atoms with van der Waals surface area (Å²) >= 11 is 0. The number of hydrogen-bond acceptors (Lipinski definition) is 3. The maximum absolute atomic E-state index is 8.79. The fourth-order valence-corrected chi connectivity index (χ4v) is 2.25. The lowest BCUT2D eigenvalue weighted by Gasteiger charge is -2.19. The van der Waals surface area contributed by atoms with Gasteiger partial charge in [0.25, 0.3) is 0 Å². The summed E-state index contributed by atoms with van der Waals surface area (Å²) < 4.78 is 6.15. The quantitative estimate of drug-likeness (QED) is 0.784. The van der Waals surface area contributed by atoms with E-state index < -0.39 is 0 Å². The first kappa shape index (κ1) is 16.3. The third-order valence-corrected chi connectivity index (χ3v) is 3.40. The summed E-state index contributed by atoms with van der Waals surface area (Å²) in [6, 6.07) is 18.2. The lowest BCUT2D eigenvalue weighted by molar-refractivity contribution is 0.195. The van der Waals surface area contributed by atoms with Gasteiger partial charge in [0, 0.05) is 6.42 Å². The van der Waals surface area contributed by atoms with E-state index in [0.717, 1.165) is 24.3 Å². The molecule has 116 valence electrons. The molecule has 1 unspecified atom stereocenters. The van der Waals surface area contributed by atoms with E-state index in [-0.39, 0.29) is 12.7 Å². The Hall–Kier alpha value is -2.10. The summed E-state index contributed by atoms with van der Waals surface area (Å²) in [4.78, 5) is 0. The first-order valence-corrected chi connectivity index (χ1v) is 7.57. The molecule has 2 N–H and O–H groups in total. The molecule has 22 heavy (non-hydrogen) atoms. The van der Waals surface area contributed by atoms with Crippen molar-refractivity contribution in [3.63, 3.8) is 0 Å². The summed E-state index contributed by atoms with van der Waals surface area (Å²) in [5.74, 6) is 0.853. The predicted molar refractivity (Wildman–Crippen MR) is 90.9 cm³/mol. The second-order valence-electron chi connectivity index (χ2n) is 5.06. The lowest BCUT2D eigenvalue weighted by Crippen LogP contribution is -2.16. The van der Waals surface area contributed by atoms with Gasteiger partial charge >= 0.3 is 0 Å². The average Bonchev–Trinajstić information content (AvgIpc) is 2.58. The molecule has 2 rings (SSSR count). The Morgan fingerprint density at radius 3 is 2.45 bits per heavy atom. The Kier molecular flexibility index (Phi) is 6.68. The van der Waals surface area contributed by atoms with E-state index >= 15 is 0 Å². The van der Waals surface area contributed by atoms with Gasteiger partial charge in [-0.1, -0.05) is 54.6 Å². The average molecular weight is 297 g/mol. The van der Waals surface area contributed by atoms with Crippen molar-refractivity contribution in [2.24, 2.45) is 0 Å². The monoisotopic (exact) mass is 297 g/mol. The van der Waals surface area contributed by atoms with Gasteiger partial charge in [-0.3, -0.25) is 0 Å². The van der Waals surface area contributed by atoms with Gasteiger partial charge in [0.1, 0.15) is 11.9 Å². The highest BCUT2D eigenvalue weighted by Gasteiger charge is 2.12. The molecule has 0 saturated heterocycles. The normalized spacial score (nSPS) is 12.5. The zero-order valence-electron chi connectivity index (χ0n) is 12.9.